The van der Waals surface area contributed by atoms with Gasteiger partial charge in [-0.05, 0) is 38.5 Å². The Morgan fingerprint density at radius 1 is 1.28 bits per heavy atom. The van der Waals surface area contributed by atoms with Gasteiger partial charge in [0.2, 0.25) is 0 Å². The summed E-state index contributed by atoms with van der Waals surface area (Å²) >= 11 is 0. The van der Waals surface area contributed by atoms with Crippen molar-refractivity contribution in [2.45, 2.75) is 27.2 Å². The molecular formula is C15H20O3. The molecule has 0 aliphatic heterocycles. The van der Waals surface area contributed by atoms with Crippen molar-refractivity contribution in [1.29, 1.82) is 0 Å². The zero-order valence-electron chi connectivity index (χ0n) is 11.2. The van der Waals surface area contributed by atoms with Crippen LogP contribution in [-0.2, 0) is 0 Å². The fourth-order valence-electron chi connectivity index (χ4n) is 1.34. The second-order valence-corrected chi connectivity index (χ2v) is 4.26. The first-order valence-electron chi connectivity index (χ1n) is 6.15. The van der Waals surface area contributed by atoms with Crippen LogP contribution in [0.2, 0.25) is 0 Å². The molecule has 0 aromatic heterocycles. The van der Waals surface area contributed by atoms with Crippen LogP contribution in [-0.4, -0.2) is 19.5 Å². The molecular weight excluding hydrogens is 228 g/mol. The predicted molar refractivity (Wildman–Crippen MR) is 72.5 cm³/mol. The number of allylic oxidation sites excluding steroid dienone is 1. The third-order valence-electron chi connectivity index (χ3n) is 2.32. The van der Waals surface area contributed by atoms with Crippen molar-refractivity contribution >= 4 is 6.29 Å². The van der Waals surface area contributed by atoms with Gasteiger partial charge in [-0.15, -0.1) is 0 Å². The summed E-state index contributed by atoms with van der Waals surface area (Å²) in [4.78, 5) is 10.9. The molecule has 0 saturated heterocycles. The van der Waals surface area contributed by atoms with Gasteiger partial charge in [-0.3, -0.25) is 4.79 Å². The van der Waals surface area contributed by atoms with Gasteiger partial charge in [0.1, 0.15) is 18.1 Å². The molecule has 0 spiro atoms. The van der Waals surface area contributed by atoms with Crippen LogP contribution in [0, 0.1) is 0 Å². The van der Waals surface area contributed by atoms with Crippen molar-refractivity contribution in [1.82, 2.24) is 0 Å². The molecule has 0 aliphatic rings. The Morgan fingerprint density at radius 2 is 2.06 bits per heavy atom. The molecule has 0 N–H and O–H groups in total. The molecule has 0 heterocycles. The van der Waals surface area contributed by atoms with Crippen molar-refractivity contribution in [3.8, 4) is 11.5 Å². The second kappa shape index (κ2) is 7.54. The van der Waals surface area contributed by atoms with Gasteiger partial charge in [0, 0.05) is 6.07 Å². The Balaban J connectivity index is 2.78. The SMILES string of the molecule is CCCOc1ccc(C=O)c(OCC=C(C)C)c1. The lowest BCUT2D eigenvalue weighted by molar-refractivity contribution is 0.112. The van der Waals surface area contributed by atoms with E-state index in [0.717, 1.165) is 18.5 Å². The van der Waals surface area contributed by atoms with E-state index in [9.17, 15) is 4.79 Å². The Morgan fingerprint density at radius 3 is 2.67 bits per heavy atom. The minimum absolute atomic E-state index is 0.459. The standard InChI is InChI=1S/C15H20O3/c1-4-8-17-14-6-5-13(11-16)15(10-14)18-9-7-12(2)3/h5-7,10-11H,4,8-9H2,1-3H3. The fraction of sp³-hybridized carbons (Fsp3) is 0.400. The van der Waals surface area contributed by atoms with Crippen molar-refractivity contribution in [2.75, 3.05) is 13.2 Å². The molecule has 3 nitrogen and oxygen atoms in total. The highest BCUT2D eigenvalue weighted by Crippen LogP contribution is 2.24. The highest BCUT2D eigenvalue weighted by molar-refractivity contribution is 5.79. The Labute approximate surface area is 108 Å². The maximum absolute atomic E-state index is 10.9. The van der Waals surface area contributed by atoms with Crippen LogP contribution in [0.1, 0.15) is 37.6 Å². The Hall–Kier alpha value is -1.77. The first kappa shape index (κ1) is 14.3. The summed E-state index contributed by atoms with van der Waals surface area (Å²) in [6, 6.07) is 5.27. The highest BCUT2D eigenvalue weighted by atomic mass is 16.5. The lowest BCUT2D eigenvalue weighted by Crippen LogP contribution is -2.00. The third kappa shape index (κ3) is 4.62. The lowest BCUT2D eigenvalue weighted by Gasteiger charge is -2.10. The van der Waals surface area contributed by atoms with Gasteiger partial charge < -0.3 is 9.47 Å². The number of hydrogen-bond donors (Lipinski definition) is 0. The second-order valence-electron chi connectivity index (χ2n) is 4.26. The topological polar surface area (TPSA) is 35.5 Å². The molecule has 18 heavy (non-hydrogen) atoms. The van der Waals surface area contributed by atoms with Gasteiger partial charge in [-0.25, -0.2) is 0 Å². The van der Waals surface area contributed by atoms with Crippen molar-refractivity contribution < 1.29 is 14.3 Å². The van der Waals surface area contributed by atoms with Gasteiger partial charge in [0.05, 0.1) is 12.2 Å². The average Bonchev–Trinajstić information content (AvgIpc) is 2.36. The van der Waals surface area contributed by atoms with Gasteiger partial charge in [0.25, 0.3) is 0 Å². The summed E-state index contributed by atoms with van der Waals surface area (Å²) in [6.45, 7) is 7.18. The summed E-state index contributed by atoms with van der Waals surface area (Å²) in [7, 11) is 0. The largest absolute Gasteiger partial charge is 0.493 e. The normalized spacial score (nSPS) is 9.72. The number of carbonyl (C=O) groups excluding carboxylic acids is 1. The first-order chi connectivity index (χ1) is 8.67. The van der Waals surface area contributed by atoms with Crippen molar-refractivity contribution in [2.24, 2.45) is 0 Å². The number of aldehydes is 1. The maximum atomic E-state index is 10.9. The molecule has 1 aromatic carbocycles. The van der Waals surface area contributed by atoms with Crippen LogP contribution in [0.15, 0.2) is 29.8 Å². The number of hydrogen-bond acceptors (Lipinski definition) is 3. The lowest BCUT2D eigenvalue weighted by atomic mass is 10.2. The fourth-order valence-corrected chi connectivity index (χ4v) is 1.34. The Bertz CT molecular complexity index is 418. The summed E-state index contributed by atoms with van der Waals surface area (Å²) in [5.41, 5.74) is 1.72. The molecule has 0 aliphatic carbocycles. The monoisotopic (exact) mass is 248 g/mol. The van der Waals surface area contributed by atoms with E-state index in [-0.39, 0.29) is 0 Å². The minimum atomic E-state index is 0.459. The van der Waals surface area contributed by atoms with E-state index < -0.39 is 0 Å². The Kier molecular flexibility index (Phi) is 5.98. The highest BCUT2D eigenvalue weighted by Gasteiger charge is 2.05. The van der Waals surface area contributed by atoms with Crippen LogP contribution in [0.25, 0.3) is 0 Å². The van der Waals surface area contributed by atoms with Gasteiger partial charge in [0.15, 0.2) is 6.29 Å². The predicted octanol–water partition coefficient (Wildman–Crippen LogP) is 3.63. The summed E-state index contributed by atoms with van der Waals surface area (Å²) < 4.78 is 11.1. The molecule has 0 unspecified atom stereocenters. The number of ether oxygens (including phenoxy) is 2. The van der Waals surface area contributed by atoms with E-state index in [4.69, 9.17) is 9.47 Å². The zero-order valence-corrected chi connectivity index (χ0v) is 11.2. The first-order valence-corrected chi connectivity index (χ1v) is 6.15. The molecule has 3 heteroatoms. The van der Waals surface area contributed by atoms with Crippen molar-refractivity contribution in [3.05, 3.63) is 35.4 Å². The van der Waals surface area contributed by atoms with E-state index in [1.807, 2.05) is 26.8 Å². The van der Waals surface area contributed by atoms with Gasteiger partial charge in [-0.2, -0.15) is 0 Å². The zero-order chi connectivity index (χ0) is 13.4. The minimum Gasteiger partial charge on any atom is -0.493 e. The molecule has 0 saturated carbocycles. The van der Waals surface area contributed by atoms with Gasteiger partial charge >= 0.3 is 0 Å². The quantitative estimate of drug-likeness (QED) is 0.546. The van der Waals surface area contributed by atoms with Crippen LogP contribution in [0.3, 0.4) is 0 Å². The summed E-state index contributed by atoms with van der Waals surface area (Å²) in [6.07, 6.45) is 3.71. The van der Waals surface area contributed by atoms with Crippen molar-refractivity contribution in [3.63, 3.8) is 0 Å². The number of carbonyl (C=O) groups is 1. The van der Waals surface area contributed by atoms with E-state index >= 15 is 0 Å². The van der Waals surface area contributed by atoms with Crippen LogP contribution in [0.5, 0.6) is 11.5 Å². The molecule has 98 valence electrons. The number of rotatable bonds is 7. The molecule has 0 atom stereocenters. The van der Waals surface area contributed by atoms with Crippen LogP contribution >= 0.6 is 0 Å². The van der Waals surface area contributed by atoms with Crippen LogP contribution in [0.4, 0.5) is 0 Å². The van der Waals surface area contributed by atoms with E-state index in [2.05, 4.69) is 0 Å². The van der Waals surface area contributed by atoms with Gasteiger partial charge in [-0.1, -0.05) is 12.5 Å². The molecule has 0 bridgehead atoms. The molecule has 0 fully saturated rings. The van der Waals surface area contributed by atoms with E-state index in [1.54, 1.807) is 18.2 Å². The molecule has 1 aromatic rings. The molecule has 0 amide bonds. The third-order valence-corrected chi connectivity index (χ3v) is 2.32. The molecule has 0 radical (unpaired) electrons. The average molecular weight is 248 g/mol. The smallest absolute Gasteiger partial charge is 0.153 e. The summed E-state index contributed by atoms with van der Waals surface area (Å²) in [5, 5.41) is 0. The van der Waals surface area contributed by atoms with E-state index in [1.165, 1.54) is 5.57 Å². The van der Waals surface area contributed by atoms with Crippen LogP contribution < -0.4 is 9.47 Å². The summed E-state index contributed by atoms with van der Waals surface area (Å²) in [5.74, 6) is 1.30. The number of benzene rings is 1. The maximum Gasteiger partial charge on any atom is 0.153 e. The molecule has 1 rings (SSSR count). The van der Waals surface area contributed by atoms with E-state index in [0.29, 0.717) is 24.5 Å².